The summed E-state index contributed by atoms with van der Waals surface area (Å²) in [6, 6.07) is 1.47. The highest BCUT2D eigenvalue weighted by Gasteiger charge is 2.40. The van der Waals surface area contributed by atoms with E-state index in [0.29, 0.717) is 18.4 Å². The van der Waals surface area contributed by atoms with E-state index >= 15 is 0 Å². The fourth-order valence-corrected chi connectivity index (χ4v) is 4.46. The summed E-state index contributed by atoms with van der Waals surface area (Å²) in [4.78, 5) is 16.2. The van der Waals surface area contributed by atoms with Crippen molar-refractivity contribution in [2.45, 2.75) is 57.0 Å². The monoisotopic (exact) mass is 266 g/mol. The van der Waals surface area contributed by atoms with Crippen molar-refractivity contribution in [3.8, 4) is 0 Å². The lowest BCUT2D eigenvalue weighted by Gasteiger charge is -2.41. The van der Waals surface area contributed by atoms with Gasteiger partial charge in [-0.3, -0.25) is 14.6 Å². The molecule has 0 saturated carbocycles. The number of fused-ring (bicyclic) bond motifs is 1. The number of carboxylic acids is 1. The number of piperidine rings is 2. The van der Waals surface area contributed by atoms with Gasteiger partial charge in [-0.05, 0) is 51.1 Å². The van der Waals surface area contributed by atoms with Crippen LogP contribution in [0, 0.1) is 5.92 Å². The van der Waals surface area contributed by atoms with Crippen LogP contribution in [-0.4, -0.2) is 59.1 Å². The lowest BCUT2D eigenvalue weighted by molar-refractivity contribution is -0.138. The van der Waals surface area contributed by atoms with Crippen LogP contribution in [0.2, 0.25) is 0 Å². The molecule has 3 saturated heterocycles. The average Bonchev–Trinajstić information content (AvgIpc) is 2.82. The molecule has 3 unspecified atom stereocenters. The molecule has 0 aromatic heterocycles. The lowest BCUT2D eigenvalue weighted by Crippen LogP contribution is -2.50. The number of likely N-dealkylation sites (tertiary alicyclic amines) is 1. The maximum Gasteiger partial charge on any atom is 0.303 e. The topological polar surface area (TPSA) is 43.8 Å². The third-order valence-electron chi connectivity index (χ3n) is 5.30. The highest BCUT2D eigenvalue weighted by atomic mass is 16.4. The molecule has 0 bridgehead atoms. The van der Waals surface area contributed by atoms with Crippen molar-refractivity contribution in [2.24, 2.45) is 5.92 Å². The predicted octanol–water partition coefficient (Wildman–Crippen LogP) is 1.80. The number of rotatable bonds is 3. The summed E-state index contributed by atoms with van der Waals surface area (Å²) in [7, 11) is 0. The van der Waals surface area contributed by atoms with Crippen LogP contribution in [0.3, 0.4) is 0 Å². The van der Waals surface area contributed by atoms with Crippen molar-refractivity contribution < 1.29 is 9.90 Å². The first-order valence-electron chi connectivity index (χ1n) is 7.94. The number of aliphatic carboxylic acids is 1. The SMILES string of the molecule is O=C(O)CC1CCCN(C2CCN3CCCCC23)C1. The van der Waals surface area contributed by atoms with Crippen LogP contribution in [-0.2, 0) is 4.79 Å². The Morgan fingerprint density at radius 2 is 1.74 bits per heavy atom. The van der Waals surface area contributed by atoms with Gasteiger partial charge in [-0.2, -0.15) is 0 Å². The smallest absolute Gasteiger partial charge is 0.303 e. The highest BCUT2D eigenvalue weighted by molar-refractivity contribution is 5.67. The molecule has 3 heterocycles. The van der Waals surface area contributed by atoms with Crippen LogP contribution in [0.5, 0.6) is 0 Å². The average molecular weight is 266 g/mol. The molecule has 0 aliphatic carbocycles. The Kier molecular flexibility index (Phi) is 4.08. The highest BCUT2D eigenvalue weighted by Crippen LogP contribution is 2.33. The normalized spacial score (nSPS) is 37.2. The largest absolute Gasteiger partial charge is 0.481 e. The molecule has 0 aromatic carbocycles. The molecule has 3 fully saturated rings. The van der Waals surface area contributed by atoms with Crippen LogP contribution in [0.1, 0.15) is 44.9 Å². The zero-order chi connectivity index (χ0) is 13.2. The summed E-state index contributed by atoms with van der Waals surface area (Å²) in [6.45, 7) is 4.75. The summed E-state index contributed by atoms with van der Waals surface area (Å²) in [5.41, 5.74) is 0. The molecular weight excluding hydrogens is 240 g/mol. The molecule has 4 nitrogen and oxygen atoms in total. The second kappa shape index (κ2) is 5.80. The lowest BCUT2D eigenvalue weighted by atomic mass is 9.91. The Labute approximate surface area is 115 Å². The van der Waals surface area contributed by atoms with Gasteiger partial charge in [0.2, 0.25) is 0 Å². The van der Waals surface area contributed by atoms with Gasteiger partial charge in [-0.25, -0.2) is 0 Å². The molecule has 0 radical (unpaired) electrons. The first-order chi connectivity index (χ1) is 9.24. The fraction of sp³-hybridized carbons (Fsp3) is 0.933. The summed E-state index contributed by atoms with van der Waals surface area (Å²) in [5, 5.41) is 8.98. The van der Waals surface area contributed by atoms with Crippen molar-refractivity contribution >= 4 is 5.97 Å². The summed E-state index contributed by atoms with van der Waals surface area (Å²) in [6.07, 6.45) is 8.03. The molecule has 3 aliphatic heterocycles. The zero-order valence-corrected chi connectivity index (χ0v) is 11.8. The number of hydrogen-bond acceptors (Lipinski definition) is 3. The van der Waals surface area contributed by atoms with E-state index in [1.165, 1.54) is 51.7 Å². The maximum absolute atomic E-state index is 10.9. The van der Waals surface area contributed by atoms with E-state index in [1.54, 1.807) is 0 Å². The summed E-state index contributed by atoms with van der Waals surface area (Å²) in [5.74, 6) is -0.249. The second-order valence-corrected chi connectivity index (χ2v) is 6.56. The van der Waals surface area contributed by atoms with Crippen molar-refractivity contribution in [3.05, 3.63) is 0 Å². The predicted molar refractivity (Wildman–Crippen MR) is 74.2 cm³/mol. The zero-order valence-electron chi connectivity index (χ0n) is 11.8. The van der Waals surface area contributed by atoms with Crippen LogP contribution in [0.4, 0.5) is 0 Å². The Balaban J connectivity index is 1.60. The van der Waals surface area contributed by atoms with Crippen molar-refractivity contribution in [3.63, 3.8) is 0 Å². The first-order valence-corrected chi connectivity index (χ1v) is 7.94. The van der Waals surface area contributed by atoms with Crippen LogP contribution in [0.15, 0.2) is 0 Å². The minimum atomic E-state index is -0.627. The molecule has 3 aliphatic rings. The van der Waals surface area contributed by atoms with Gasteiger partial charge in [0.1, 0.15) is 0 Å². The van der Waals surface area contributed by atoms with Crippen LogP contribution >= 0.6 is 0 Å². The molecule has 19 heavy (non-hydrogen) atoms. The number of nitrogens with zero attached hydrogens (tertiary/aromatic N) is 2. The van der Waals surface area contributed by atoms with Gasteiger partial charge in [-0.15, -0.1) is 0 Å². The van der Waals surface area contributed by atoms with Gasteiger partial charge in [0.15, 0.2) is 0 Å². The molecule has 3 rings (SSSR count). The third kappa shape index (κ3) is 2.95. The van der Waals surface area contributed by atoms with Crippen molar-refractivity contribution in [2.75, 3.05) is 26.2 Å². The van der Waals surface area contributed by atoms with Gasteiger partial charge < -0.3 is 5.11 Å². The summed E-state index contributed by atoms with van der Waals surface area (Å²) < 4.78 is 0. The second-order valence-electron chi connectivity index (χ2n) is 6.56. The van der Waals surface area contributed by atoms with E-state index in [1.807, 2.05) is 0 Å². The molecule has 108 valence electrons. The van der Waals surface area contributed by atoms with Crippen molar-refractivity contribution in [1.29, 1.82) is 0 Å². The first kappa shape index (κ1) is 13.4. The fourth-order valence-electron chi connectivity index (χ4n) is 4.46. The van der Waals surface area contributed by atoms with Gasteiger partial charge >= 0.3 is 5.97 Å². The van der Waals surface area contributed by atoms with Gasteiger partial charge in [-0.1, -0.05) is 6.42 Å². The minimum Gasteiger partial charge on any atom is -0.481 e. The number of hydrogen-bond donors (Lipinski definition) is 1. The van der Waals surface area contributed by atoms with Gasteiger partial charge in [0.05, 0.1) is 0 Å². The molecule has 1 N–H and O–H groups in total. The Hall–Kier alpha value is -0.610. The Morgan fingerprint density at radius 1 is 0.947 bits per heavy atom. The molecule has 4 heteroatoms. The maximum atomic E-state index is 10.9. The molecule has 0 amide bonds. The van der Waals surface area contributed by atoms with Crippen LogP contribution in [0.25, 0.3) is 0 Å². The molecule has 0 aromatic rings. The third-order valence-corrected chi connectivity index (χ3v) is 5.30. The molecular formula is C15H26N2O2. The quantitative estimate of drug-likeness (QED) is 0.846. The van der Waals surface area contributed by atoms with E-state index in [0.717, 1.165) is 19.0 Å². The Morgan fingerprint density at radius 3 is 2.58 bits per heavy atom. The van der Waals surface area contributed by atoms with Crippen LogP contribution < -0.4 is 0 Å². The van der Waals surface area contributed by atoms with E-state index < -0.39 is 5.97 Å². The molecule has 3 atom stereocenters. The van der Waals surface area contributed by atoms with Crippen molar-refractivity contribution in [1.82, 2.24) is 9.80 Å². The number of carboxylic acid groups (broad SMARTS) is 1. The van der Waals surface area contributed by atoms with E-state index in [2.05, 4.69) is 9.80 Å². The standard InChI is InChI=1S/C15H26N2O2/c18-15(19)10-12-4-3-8-17(11-12)14-6-9-16-7-2-1-5-13(14)16/h12-14H,1-11H2,(H,18,19). The van der Waals surface area contributed by atoms with Gasteiger partial charge in [0, 0.05) is 31.6 Å². The van der Waals surface area contributed by atoms with E-state index in [4.69, 9.17) is 5.11 Å². The minimum absolute atomic E-state index is 0.359. The van der Waals surface area contributed by atoms with Gasteiger partial charge in [0.25, 0.3) is 0 Å². The Bertz CT molecular complexity index is 334. The van der Waals surface area contributed by atoms with E-state index in [-0.39, 0.29) is 0 Å². The molecule has 0 spiro atoms. The number of carbonyl (C=O) groups is 1. The summed E-state index contributed by atoms with van der Waals surface area (Å²) >= 11 is 0. The van der Waals surface area contributed by atoms with E-state index in [9.17, 15) is 4.79 Å².